The third kappa shape index (κ3) is 3.62. The van der Waals surface area contributed by atoms with Gasteiger partial charge in [0.1, 0.15) is 0 Å². The van der Waals surface area contributed by atoms with Crippen LogP contribution in [0.15, 0.2) is 0 Å². The number of nitrogens with zero attached hydrogens (tertiary/aromatic N) is 1. The van der Waals surface area contributed by atoms with Crippen molar-refractivity contribution in [3.05, 3.63) is 0 Å². The van der Waals surface area contributed by atoms with Gasteiger partial charge in [-0.2, -0.15) is 0 Å². The number of rotatable bonds is 4. The van der Waals surface area contributed by atoms with Crippen LogP contribution in [0.25, 0.3) is 0 Å². The molecule has 1 aliphatic heterocycles. The van der Waals surface area contributed by atoms with E-state index in [4.69, 9.17) is 5.11 Å². The molecule has 19 heavy (non-hydrogen) atoms. The minimum Gasteiger partial charge on any atom is -0.396 e. The molecule has 2 N–H and O–H groups in total. The summed E-state index contributed by atoms with van der Waals surface area (Å²) in [5, 5.41) is 12.2. The van der Waals surface area contributed by atoms with Crippen LogP contribution >= 0.6 is 0 Å². The van der Waals surface area contributed by atoms with Crippen molar-refractivity contribution in [2.75, 3.05) is 13.2 Å². The monoisotopic (exact) mass is 268 g/mol. The molecule has 2 amide bonds. The fourth-order valence-corrected chi connectivity index (χ4v) is 3.59. The molecule has 2 rings (SSSR count). The second-order valence-electron chi connectivity index (χ2n) is 6.36. The largest absolute Gasteiger partial charge is 0.396 e. The van der Waals surface area contributed by atoms with Crippen molar-refractivity contribution < 1.29 is 9.90 Å². The van der Waals surface area contributed by atoms with Gasteiger partial charge in [-0.1, -0.05) is 19.3 Å². The van der Waals surface area contributed by atoms with E-state index in [2.05, 4.69) is 12.2 Å². The van der Waals surface area contributed by atoms with Crippen molar-refractivity contribution in [2.45, 2.75) is 76.3 Å². The average molecular weight is 268 g/mol. The number of carbonyl (C=O) groups excluding carboxylic acids is 1. The second kappa shape index (κ2) is 6.60. The van der Waals surface area contributed by atoms with Crippen LogP contribution in [-0.4, -0.2) is 40.8 Å². The maximum atomic E-state index is 12.4. The zero-order chi connectivity index (χ0) is 13.7. The third-order valence-corrected chi connectivity index (χ3v) is 4.80. The van der Waals surface area contributed by atoms with E-state index >= 15 is 0 Å². The van der Waals surface area contributed by atoms with Gasteiger partial charge in [0.2, 0.25) is 0 Å². The molecule has 0 aromatic heterocycles. The Morgan fingerprint density at radius 3 is 2.74 bits per heavy atom. The molecule has 0 bridgehead atoms. The summed E-state index contributed by atoms with van der Waals surface area (Å²) in [5.74, 6) is 0. The topological polar surface area (TPSA) is 52.6 Å². The highest BCUT2D eigenvalue weighted by Crippen LogP contribution is 2.33. The predicted octanol–water partition coefficient (Wildman–Crippen LogP) is 2.66. The Kier molecular flexibility index (Phi) is 5.08. The van der Waals surface area contributed by atoms with Gasteiger partial charge in [0.15, 0.2) is 0 Å². The summed E-state index contributed by atoms with van der Waals surface area (Å²) in [6.07, 6.45) is 9.89. The van der Waals surface area contributed by atoms with Crippen molar-refractivity contribution in [1.29, 1.82) is 0 Å². The second-order valence-corrected chi connectivity index (χ2v) is 6.36. The van der Waals surface area contributed by atoms with Gasteiger partial charge in [0, 0.05) is 24.7 Å². The van der Waals surface area contributed by atoms with Gasteiger partial charge in [-0.3, -0.25) is 0 Å². The van der Waals surface area contributed by atoms with Crippen LogP contribution in [0.5, 0.6) is 0 Å². The molecular weight excluding hydrogens is 240 g/mol. The van der Waals surface area contributed by atoms with Gasteiger partial charge in [-0.25, -0.2) is 4.79 Å². The molecule has 1 atom stereocenters. The molecule has 4 heteroatoms. The van der Waals surface area contributed by atoms with E-state index in [1.54, 1.807) is 0 Å². The number of likely N-dealkylation sites (tertiary alicyclic amines) is 1. The van der Waals surface area contributed by atoms with Crippen LogP contribution in [0.4, 0.5) is 4.79 Å². The first-order chi connectivity index (χ1) is 9.15. The molecule has 1 heterocycles. The zero-order valence-electron chi connectivity index (χ0n) is 12.2. The Bertz CT molecular complexity index is 303. The van der Waals surface area contributed by atoms with Gasteiger partial charge in [0.05, 0.1) is 0 Å². The summed E-state index contributed by atoms with van der Waals surface area (Å²) in [7, 11) is 0. The van der Waals surface area contributed by atoms with E-state index in [9.17, 15) is 4.79 Å². The fraction of sp³-hybridized carbons (Fsp3) is 0.933. The molecule has 4 nitrogen and oxygen atoms in total. The van der Waals surface area contributed by atoms with Gasteiger partial charge >= 0.3 is 6.03 Å². The molecule has 0 unspecified atom stereocenters. The summed E-state index contributed by atoms with van der Waals surface area (Å²) in [5.41, 5.74) is -0.0541. The summed E-state index contributed by atoms with van der Waals surface area (Å²) in [4.78, 5) is 14.5. The van der Waals surface area contributed by atoms with Gasteiger partial charge < -0.3 is 15.3 Å². The SMILES string of the molecule is C[C@@]1(CCCO)CCCN1C(=O)NC1CCCCC1. The average Bonchev–Trinajstić information content (AvgIpc) is 2.80. The van der Waals surface area contributed by atoms with Crippen LogP contribution in [0, 0.1) is 0 Å². The smallest absolute Gasteiger partial charge is 0.318 e. The minimum atomic E-state index is -0.0541. The molecule has 1 saturated carbocycles. The van der Waals surface area contributed by atoms with E-state index < -0.39 is 0 Å². The Hall–Kier alpha value is -0.770. The summed E-state index contributed by atoms with van der Waals surface area (Å²) < 4.78 is 0. The summed E-state index contributed by atoms with van der Waals surface area (Å²) >= 11 is 0. The number of amides is 2. The quantitative estimate of drug-likeness (QED) is 0.823. The molecule has 2 aliphatic rings. The molecular formula is C15H28N2O2. The lowest BCUT2D eigenvalue weighted by molar-refractivity contribution is 0.136. The normalized spacial score (nSPS) is 28.6. The number of aliphatic hydroxyl groups excluding tert-OH is 1. The number of carbonyl (C=O) groups is 1. The Morgan fingerprint density at radius 1 is 1.32 bits per heavy atom. The Labute approximate surface area is 116 Å². The number of hydrogen-bond donors (Lipinski definition) is 2. The highest BCUT2D eigenvalue weighted by molar-refractivity contribution is 5.75. The van der Waals surface area contributed by atoms with E-state index in [-0.39, 0.29) is 18.2 Å². The van der Waals surface area contributed by atoms with Crippen LogP contribution in [0.3, 0.4) is 0 Å². The highest BCUT2D eigenvalue weighted by atomic mass is 16.3. The predicted molar refractivity (Wildman–Crippen MR) is 76.1 cm³/mol. The Balaban J connectivity index is 1.89. The Morgan fingerprint density at radius 2 is 2.05 bits per heavy atom. The van der Waals surface area contributed by atoms with Crippen LogP contribution in [-0.2, 0) is 0 Å². The first-order valence-corrected chi connectivity index (χ1v) is 7.85. The van der Waals surface area contributed by atoms with Crippen molar-refractivity contribution in [2.24, 2.45) is 0 Å². The maximum Gasteiger partial charge on any atom is 0.318 e. The van der Waals surface area contributed by atoms with Crippen LogP contribution < -0.4 is 5.32 Å². The van der Waals surface area contributed by atoms with Crippen molar-refractivity contribution >= 4 is 6.03 Å². The van der Waals surface area contributed by atoms with Gasteiger partial charge in [-0.05, 0) is 45.4 Å². The lowest BCUT2D eigenvalue weighted by Gasteiger charge is -2.37. The van der Waals surface area contributed by atoms with E-state index in [0.29, 0.717) is 6.04 Å². The van der Waals surface area contributed by atoms with E-state index in [1.807, 2.05) is 4.90 Å². The molecule has 0 aromatic rings. The maximum absolute atomic E-state index is 12.4. The number of nitrogens with one attached hydrogen (secondary N) is 1. The number of aliphatic hydroxyl groups is 1. The molecule has 0 radical (unpaired) electrons. The van der Waals surface area contributed by atoms with Gasteiger partial charge in [0.25, 0.3) is 0 Å². The molecule has 1 aliphatic carbocycles. The van der Waals surface area contributed by atoms with Crippen LogP contribution in [0.2, 0.25) is 0 Å². The zero-order valence-corrected chi connectivity index (χ0v) is 12.2. The van der Waals surface area contributed by atoms with Crippen LogP contribution in [0.1, 0.15) is 64.7 Å². The third-order valence-electron chi connectivity index (χ3n) is 4.80. The summed E-state index contributed by atoms with van der Waals surface area (Å²) in [6.45, 7) is 3.24. The first kappa shape index (κ1) is 14.6. The van der Waals surface area contributed by atoms with Crippen molar-refractivity contribution in [3.8, 4) is 0 Å². The summed E-state index contributed by atoms with van der Waals surface area (Å²) in [6, 6.07) is 0.494. The molecule has 0 aromatic carbocycles. The van der Waals surface area contributed by atoms with E-state index in [1.165, 1.54) is 19.3 Å². The lowest BCUT2D eigenvalue weighted by atomic mass is 9.93. The standard InChI is InChI=1S/C15H28N2O2/c1-15(10-6-12-18)9-5-11-17(15)14(19)16-13-7-3-2-4-8-13/h13,18H,2-12H2,1H3,(H,16,19)/t15-/m0/s1. The minimum absolute atomic E-state index is 0.0541. The molecule has 110 valence electrons. The molecule has 1 saturated heterocycles. The number of hydrogen-bond acceptors (Lipinski definition) is 2. The van der Waals surface area contributed by atoms with Crippen molar-refractivity contribution in [1.82, 2.24) is 10.2 Å². The van der Waals surface area contributed by atoms with Gasteiger partial charge in [-0.15, -0.1) is 0 Å². The highest BCUT2D eigenvalue weighted by Gasteiger charge is 2.39. The fourth-order valence-electron chi connectivity index (χ4n) is 3.59. The lowest BCUT2D eigenvalue weighted by Crippen LogP contribution is -2.52. The number of urea groups is 1. The molecule has 2 fully saturated rings. The van der Waals surface area contributed by atoms with E-state index in [0.717, 1.165) is 45.1 Å². The first-order valence-electron chi connectivity index (χ1n) is 7.85. The molecule has 0 spiro atoms. The van der Waals surface area contributed by atoms with Crippen molar-refractivity contribution in [3.63, 3.8) is 0 Å².